The number of carbonyl (C=O) groups is 3. The normalized spacial score (nSPS) is 13.6. The van der Waals surface area contributed by atoms with Crippen LogP contribution in [0.3, 0.4) is 0 Å². The Morgan fingerprint density at radius 1 is 1.22 bits per heavy atom. The fourth-order valence-electron chi connectivity index (χ4n) is 3.48. The van der Waals surface area contributed by atoms with Crippen molar-refractivity contribution < 1.29 is 19.1 Å². The van der Waals surface area contributed by atoms with E-state index in [0.29, 0.717) is 23.4 Å². The fraction of sp³-hybridized carbons (Fsp3) is 0.650. The van der Waals surface area contributed by atoms with Gasteiger partial charge in [-0.1, -0.05) is 0 Å². The molecule has 0 spiro atoms. The molecule has 1 aliphatic rings. The number of Topliss-reactive ketones (excluding diaryl/α,β-unsaturated/α-hetero) is 1. The van der Waals surface area contributed by atoms with Gasteiger partial charge in [-0.25, -0.2) is 9.59 Å². The van der Waals surface area contributed by atoms with Gasteiger partial charge in [0.25, 0.3) is 0 Å². The zero-order chi connectivity index (χ0) is 20.3. The van der Waals surface area contributed by atoms with Gasteiger partial charge in [-0.2, -0.15) is 0 Å². The van der Waals surface area contributed by atoms with Crippen LogP contribution in [0.15, 0.2) is 0 Å². The van der Waals surface area contributed by atoms with Crippen molar-refractivity contribution in [2.75, 3.05) is 13.2 Å². The summed E-state index contributed by atoms with van der Waals surface area (Å²) in [5.74, 6) is -0.566. The number of aromatic nitrogens is 1. The van der Waals surface area contributed by atoms with Gasteiger partial charge in [-0.15, -0.1) is 0 Å². The summed E-state index contributed by atoms with van der Waals surface area (Å²) >= 11 is 0. The summed E-state index contributed by atoms with van der Waals surface area (Å²) in [6, 6.07) is -0.0864. The molecule has 0 aromatic carbocycles. The van der Waals surface area contributed by atoms with E-state index in [0.717, 1.165) is 18.5 Å². The van der Waals surface area contributed by atoms with Crippen LogP contribution in [0.4, 0.5) is 4.79 Å². The highest BCUT2D eigenvalue weighted by atomic mass is 16.5. The molecule has 1 aromatic heterocycles. The summed E-state index contributed by atoms with van der Waals surface area (Å²) < 4.78 is 6.98. The average molecular weight is 377 g/mol. The number of ether oxygens (including phenoxy) is 1. The van der Waals surface area contributed by atoms with Crippen LogP contribution < -0.4 is 5.32 Å². The van der Waals surface area contributed by atoms with Crippen LogP contribution in [0, 0.1) is 13.8 Å². The molecule has 2 rings (SSSR count). The van der Waals surface area contributed by atoms with E-state index in [9.17, 15) is 14.4 Å². The van der Waals surface area contributed by atoms with E-state index < -0.39 is 5.97 Å². The highest BCUT2D eigenvalue weighted by Crippen LogP contribution is 2.29. The van der Waals surface area contributed by atoms with Gasteiger partial charge in [0.1, 0.15) is 5.69 Å². The minimum atomic E-state index is -0.421. The van der Waals surface area contributed by atoms with E-state index in [2.05, 4.69) is 5.32 Å². The van der Waals surface area contributed by atoms with Crippen LogP contribution in [-0.2, 0) is 11.3 Å². The summed E-state index contributed by atoms with van der Waals surface area (Å²) in [5.41, 5.74) is 2.30. The predicted molar refractivity (Wildman–Crippen MR) is 103 cm³/mol. The average Bonchev–Trinajstić information content (AvgIpc) is 3.37. The standard InChI is InChI=1S/C20H31N3O4/c1-7-22-14(6)17(13(5)18(22)19(25)27-8-2)16(24)11-23(15-9-10-15)20(26)21-12(3)4/h12,15H,7-11H2,1-6H3,(H,21,26). The van der Waals surface area contributed by atoms with Crippen molar-refractivity contribution in [1.29, 1.82) is 0 Å². The lowest BCUT2D eigenvalue weighted by molar-refractivity contribution is 0.0512. The number of nitrogens with zero attached hydrogens (tertiary/aromatic N) is 2. The maximum absolute atomic E-state index is 13.1. The van der Waals surface area contributed by atoms with Crippen molar-refractivity contribution in [2.24, 2.45) is 0 Å². The Bertz CT molecular complexity index is 732. The highest BCUT2D eigenvalue weighted by molar-refractivity contribution is 6.04. The molecule has 0 aliphatic heterocycles. The molecule has 1 saturated carbocycles. The quantitative estimate of drug-likeness (QED) is 0.558. The van der Waals surface area contributed by atoms with E-state index >= 15 is 0 Å². The lowest BCUT2D eigenvalue weighted by atomic mass is 10.1. The second-order valence-corrected chi connectivity index (χ2v) is 7.29. The van der Waals surface area contributed by atoms with Crippen LogP contribution in [0.25, 0.3) is 0 Å². The van der Waals surface area contributed by atoms with Crippen molar-refractivity contribution in [3.63, 3.8) is 0 Å². The Balaban J connectivity index is 2.32. The number of ketones is 1. The third kappa shape index (κ3) is 4.51. The van der Waals surface area contributed by atoms with Crippen LogP contribution in [0.1, 0.15) is 72.6 Å². The first-order valence-electron chi connectivity index (χ1n) is 9.69. The summed E-state index contributed by atoms with van der Waals surface area (Å²) in [7, 11) is 0. The first-order valence-corrected chi connectivity index (χ1v) is 9.69. The molecule has 1 N–H and O–H groups in total. The molecule has 7 heteroatoms. The number of hydrogen-bond donors (Lipinski definition) is 1. The maximum Gasteiger partial charge on any atom is 0.355 e. The van der Waals surface area contributed by atoms with E-state index in [-0.39, 0.29) is 37.0 Å². The van der Waals surface area contributed by atoms with Crippen LogP contribution in [0.2, 0.25) is 0 Å². The zero-order valence-electron chi connectivity index (χ0n) is 17.2. The largest absolute Gasteiger partial charge is 0.461 e. The molecule has 0 saturated heterocycles. The molecule has 0 bridgehead atoms. The maximum atomic E-state index is 13.1. The Labute approximate surface area is 161 Å². The van der Waals surface area contributed by atoms with Crippen molar-refractivity contribution in [3.05, 3.63) is 22.5 Å². The van der Waals surface area contributed by atoms with E-state index in [1.54, 1.807) is 18.7 Å². The van der Waals surface area contributed by atoms with Crippen molar-refractivity contribution in [2.45, 2.75) is 73.0 Å². The molecule has 27 heavy (non-hydrogen) atoms. The molecular formula is C20H31N3O4. The first kappa shape index (κ1) is 21.0. The summed E-state index contributed by atoms with van der Waals surface area (Å²) in [4.78, 5) is 39.6. The van der Waals surface area contributed by atoms with Gasteiger partial charge in [0.15, 0.2) is 5.78 Å². The first-order chi connectivity index (χ1) is 12.7. The number of hydrogen-bond acceptors (Lipinski definition) is 4. The van der Waals surface area contributed by atoms with E-state index in [1.807, 2.05) is 32.3 Å². The van der Waals surface area contributed by atoms with Gasteiger partial charge in [0.05, 0.1) is 13.2 Å². The van der Waals surface area contributed by atoms with Gasteiger partial charge in [0.2, 0.25) is 0 Å². The molecule has 0 atom stereocenters. The summed E-state index contributed by atoms with van der Waals surface area (Å²) in [6.07, 6.45) is 1.83. The Kier molecular flexibility index (Phi) is 6.68. The monoisotopic (exact) mass is 377 g/mol. The van der Waals surface area contributed by atoms with Crippen molar-refractivity contribution in [1.82, 2.24) is 14.8 Å². The second-order valence-electron chi connectivity index (χ2n) is 7.29. The van der Waals surface area contributed by atoms with Crippen molar-refractivity contribution >= 4 is 17.8 Å². The molecule has 1 aromatic rings. The zero-order valence-corrected chi connectivity index (χ0v) is 17.2. The van der Waals surface area contributed by atoms with Crippen LogP contribution >= 0.6 is 0 Å². The molecule has 1 heterocycles. The van der Waals surface area contributed by atoms with Gasteiger partial charge in [-0.3, -0.25) is 4.79 Å². The van der Waals surface area contributed by atoms with Gasteiger partial charge < -0.3 is 19.5 Å². The third-order valence-electron chi connectivity index (χ3n) is 4.81. The minimum Gasteiger partial charge on any atom is -0.461 e. The SMILES string of the molecule is CCOC(=O)c1c(C)c(C(=O)CN(C(=O)NC(C)C)C2CC2)c(C)n1CC. The third-order valence-corrected chi connectivity index (χ3v) is 4.81. The Hall–Kier alpha value is -2.31. The lowest BCUT2D eigenvalue weighted by Gasteiger charge is -2.23. The number of esters is 1. The van der Waals surface area contributed by atoms with Crippen molar-refractivity contribution in [3.8, 4) is 0 Å². The van der Waals surface area contributed by atoms with E-state index in [1.165, 1.54) is 0 Å². The molecule has 7 nitrogen and oxygen atoms in total. The molecule has 1 fully saturated rings. The van der Waals surface area contributed by atoms with Gasteiger partial charge in [0, 0.05) is 29.9 Å². The molecule has 0 unspecified atom stereocenters. The molecular weight excluding hydrogens is 346 g/mol. The molecule has 0 radical (unpaired) electrons. The second kappa shape index (κ2) is 8.59. The number of amides is 2. The minimum absolute atomic E-state index is 0.00826. The highest BCUT2D eigenvalue weighted by Gasteiger charge is 2.35. The summed E-state index contributed by atoms with van der Waals surface area (Å²) in [6.45, 7) is 11.9. The molecule has 1 aliphatic carbocycles. The number of rotatable bonds is 8. The number of nitrogens with one attached hydrogen (secondary N) is 1. The molecule has 150 valence electrons. The number of carbonyl (C=O) groups excluding carboxylic acids is 3. The topological polar surface area (TPSA) is 80.6 Å². The van der Waals surface area contributed by atoms with Gasteiger partial charge in [-0.05, 0) is 59.9 Å². The smallest absolute Gasteiger partial charge is 0.355 e. The Morgan fingerprint density at radius 3 is 2.33 bits per heavy atom. The fourth-order valence-corrected chi connectivity index (χ4v) is 3.48. The predicted octanol–water partition coefficient (Wildman–Crippen LogP) is 3.07. The van der Waals surface area contributed by atoms with Crippen LogP contribution in [-0.4, -0.2) is 52.5 Å². The summed E-state index contributed by atoms with van der Waals surface area (Å²) in [5, 5.41) is 2.87. The Morgan fingerprint density at radius 2 is 1.85 bits per heavy atom. The van der Waals surface area contributed by atoms with E-state index in [4.69, 9.17) is 4.74 Å². The number of urea groups is 1. The van der Waals surface area contributed by atoms with Crippen LogP contribution in [0.5, 0.6) is 0 Å². The van der Waals surface area contributed by atoms with Gasteiger partial charge >= 0.3 is 12.0 Å². The molecule has 2 amide bonds. The lowest BCUT2D eigenvalue weighted by Crippen LogP contribution is -2.46.